The van der Waals surface area contributed by atoms with Crippen molar-refractivity contribution < 1.29 is 0 Å². The Bertz CT molecular complexity index is 417. The van der Waals surface area contributed by atoms with Gasteiger partial charge < -0.3 is 5.32 Å². The van der Waals surface area contributed by atoms with E-state index in [-0.39, 0.29) is 0 Å². The number of halogens is 1. The summed E-state index contributed by atoms with van der Waals surface area (Å²) in [6.45, 7) is 0. The minimum absolute atomic E-state index is 0.466. The lowest BCUT2D eigenvalue weighted by atomic mass is 9.83. The first kappa shape index (κ1) is 12.5. The Labute approximate surface area is 115 Å². The highest BCUT2D eigenvalue weighted by Crippen LogP contribution is 2.50. The van der Waals surface area contributed by atoms with Gasteiger partial charge in [0.1, 0.15) is 0 Å². The van der Waals surface area contributed by atoms with E-state index >= 15 is 0 Å². The molecule has 18 heavy (non-hydrogen) atoms. The maximum Gasteiger partial charge on any atom is 0.0409 e. The molecule has 2 aliphatic carbocycles. The Morgan fingerprint density at radius 2 is 2.22 bits per heavy atom. The zero-order valence-electron chi connectivity index (χ0n) is 11.0. The van der Waals surface area contributed by atoms with Crippen molar-refractivity contribution >= 4 is 11.6 Å². The van der Waals surface area contributed by atoms with Crippen LogP contribution >= 0.6 is 11.6 Å². The van der Waals surface area contributed by atoms with Crippen molar-refractivity contribution in [2.75, 3.05) is 7.05 Å². The Balaban J connectivity index is 1.69. The number of nitrogens with one attached hydrogen (secondary N) is 1. The Hall–Kier alpha value is -0.530. The standard InChI is InChI=1S/C16H22ClN/c1-18-16(13-3-2-4-15(17)9-13)10-14-8-11-5-6-12(14)7-11/h2-4,9,11-12,14,16,18H,5-8,10H2,1H3. The van der Waals surface area contributed by atoms with Crippen LogP contribution in [0.5, 0.6) is 0 Å². The second-order valence-corrected chi connectivity index (χ2v) is 6.50. The largest absolute Gasteiger partial charge is 0.313 e. The van der Waals surface area contributed by atoms with Crippen molar-refractivity contribution in [3.8, 4) is 0 Å². The molecule has 2 saturated carbocycles. The molecule has 4 unspecified atom stereocenters. The summed E-state index contributed by atoms with van der Waals surface area (Å²) in [5, 5.41) is 4.32. The molecule has 0 aliphatic heterocycles. The van der Waals surface area contributed by atoms with Gasteiger partial charge in [-0.2, -0.15) is 0 Å². The molecule has 0 heterocycles. The van der Waals surface area contributed by atoms with E-state index in [0.29, 0.717) is 6.04 Å². The summed E-state index contributed by atoms with van der Waals surface area (Å²) in [6, 6.07) is 8.78. The normalized spacial score (nSPS) is 31.8. The monoisotopic (exact) mass is 263 g/mol. The van der Waals surface area contributed by atoms with Crippen LogP contribution in [0.15, 0.2) is 24.3 Å². The molecule has 2 bridgehead atoms. The van der Waals surface area contributed by atoms with Gasteiger partial charge in [-0.3, -0.25) is 0 Å². The van der Waals surface area contributed by atoms with Crippen LogP contribution in [0, 0.1) is 17.8 Å². The summed E-state index contributed by atoms with van der Waals surface area (Å²) in [7, 11) is 2.07. The Morgan fingerprint density at radius 1 is 1.33 bits per heavy atom. The number of benzene rings is 1. The molecular formula is C16H22ClN. The van der Waals surface area contributed by atoms with Crippen molar-refractivity contribution in [1.82, 2.24) is 5.32 Å². The molecule has 0 radical (unpaired) electrons. The highest BCUT2D eigenvalue weighted by molar-refractivity contribution is 6.30. The first-order valence-corrected chi connectivity index (χ1v) is 7.56. The van der Waals surface area contributed by atoms with Crippen LogP contribution in [-0.2, 0) is 0 Å². The van der Waals surface area contributed by atoms with Gasteiger partial charge in [0.2, 0.25) is 0 Å². The molecule has 1 aromatic carbocycles. The molecule has 4 atom stereocenters. The van der Waals surface area contributed by atoms with Gasteiger partial charge in [0.25, 0.3) is 0 Å². The molecule has 1 nitrogen and oxygen atoms in total. The molecule has 1 aromatic rings. The van der Waals surface area contributed by atoms with Crippen LogP contribution in [0.3, 0.4) is 0 Å². The second-order valence-electron chi connectivity index (χ2n) is 6.07. The molecule has 2 fully saturated rings. The summed E-state index contributed by atoms with van der Waals surface area (Å²) < 4.78 is 0. The average Bonchev–Trinajstić information content (AvgIpc) is 2.98. The quantitative estimate of drug-likeness (QED) is 0.848. The van der Waals surface area contributed by atoms with Gasteiger partial charge >= 0.3 is 0 Å². The van der Waals surface area contributed by atoms with Crippen LogP contribution in [0.25, 0.3) is 0 Å². The zero-order chi connectivity index (χ0) is 12.5. The summed E-state index contributed by atoms with van der Waals surface area (Å²) in [5.41, 5.74) is 1.34. The van der Waals surface area contributed by atoms with Gasteiger partial charge in [-0.05, 0) is 68.2 Å². The third kappa shape index (κ3) is 2.44. The highest BCUT2D eigenvalue weighted by Gasteiger charge is 2.40. The van der Waals surface area contributed by atoms with E-state index in [1.807, 2.05) is 6.07 Å². The van der Waals surface area contributed by atoms with Crippen LogP contribution in [-0.4, -0.2) is 7.05 Å². The van der Waals surface area contributed by atoms with Gasteiger partial charge in [0, 0.05) is 11.1 Å². The third-order valence-corrected chi connectivity index (χ3v) is 5.26. The van der Waals surface area contributed by atoms with E-state index in [1.54, 1.807) is 0 Å². The van der Waals surface area contributed by atoms with Gasteiger partial charge in [-0.1, -0.05) is 30.2 Å². The van der Waals surface area contributed by atoms with Crippen molar-refractivity contribution in [1.29, 1.82) is 0 Å². The van der Waals surface area contributed by atoms with Gasteiger partial charge in [-0.15, -0.1) is 0 Å². The van der Waals surface area contributed by atoms with Crippen molar-refractivity contribution in [2.24, 2.45) is 17.8 Å². The van der Waals surface area contributed by atoms with Crippen molar-refractivity contribution in [3.63, 3.8) is 0 Å². The predicted molar refractivity (Wildman–Crippen MR) is 76.8 cm³/mol. The third-order valence-electron chi connectivity index (χ3n) is 5.02. The van der Waals surface area contributed by atoms with Gasteiger partial charge in [0.05, 0.1) is 0 Å². The minimum Gasteiger partial charge on any atom is -0.313 e. The molecule has 1 N–H and O–H groups in total. The minimum atomic E-state index is 0.466. The molecule has 2 heteroatoms. The average molecular weight is 264 g/mol. The molecule has 2 aliphatic rings. The van der Waals surface area contributed by atoms with E-state index in [1.165, 1.54) is 37.7 Å². The lowest BCUT2D eigenvalue weighted by molar-refractivity contribution is 0.284. The first-order valence-electron chi connectivity index (χ1n) is 7.19. The van der Waals surface area contributed by atoms with Crippen molar-refractivity contribution in [3.05, 3.63) is 34.9 Å². The fourth-order valence-electron chi connectivity index (χ4n) is 4.11. The van der Waals surface area contributed by atoms with Crippen LogP contribution in [0.1, 0.15) is 43.7 Å². The van der Waals surface area contributed by atoms with E-state index in [0.717, 1.165) is 22.8 Å². The van der Waals surface area contributed by atoms with Gasteiger partial charge in [0.15, 0.2) is 0 Å². The molecule has 98 valence electrons. The zero-order valence-corrected chi connectivity index (χ0v) is 11.8. The lowest BCUT2D eigenvalue weighted by Crippen LogP contribution is -2.22. The SMILES string of the molecule is CNC(CC1CC2CCC1C2)c1cccc(Cl)c1. The summed E-state index contributed by atoms with van der Waals surface area (Å²) in [6.07, 6.45) is 7.20. The first-order chi connectivity index (χ1) is 8.76. The van der Waals surface area contributed by atoms with E-state index in [2.05, 4.69) is 30.6 Å². The highest BCUT2D eigenvalue weighted by atomic mass is 35.5. The fraction of sp³-hybridized carbons (Fsp3) is 0.625. The predicted octanol–water partition coefficient (Wildman–Crippen LogP) is 4.43. The lowest BCUT2D eigenvalue weighted by Gasteiger charge is -2.27. The molecule has 0 amide bonds. The number of rotatable bonds is 4. The Morgan fingerprint density at radius 3 is 2.83 bits per heavy atom. The summed E-state index contributed by atoms with van der Waals surface area (Å²) >= 11 is 6.10. The van der Waals surface area contributed by atoms with Gasteiger partial charge in [-0.25, -0.2) is 0 Å². The fourth-order valence-corrected chi connectivity index (χ4v) is 4.31. The number of hydrogen-bond acceptors (Lipinski definition) is 1. The molecule has 0 spiro atoms. The number of fused-ring (bicyclic) bond motifs is 2. The maximum atomic E-state index is 6.10. The molecule has 3 rings (SSSR count). The molecule has 0 saturated heterocycles. The summed E-state index contributed by atoms with van der Waals surface area (Å²) in [4.78, 5) is 0. The van der Waals surface area contributed by atoms with Crippen LogP contribution < -0.4 is 5.32 Å². The van der Waals surface area contributed by atoms with Crippen LogP contribution in [0.4, 0.5) is 0 Å². The maximum absolute atomic E-state index is 6.10. The molecular weight excluding hydrogens is 242 g/mol. The van der Waals surface area contributed by atoms with E-state index in [4.69, 9.17) is 11.6 Å². The smallest absolute Gasteiger partial charge is 0.0409 e. The molecule has 0 aromatic heterocycles. The Kier molecular flexibility index (Phi) is 3.63. The van der Waals surface area contributed by atoms with E-state index < -0.39 is 0 Å². The summed E-state index contributed by atoms with van der Waals surface area (Å²) in [5.74, 6) is 2.97. The number of hydrogen-bond donors (Lipinski definition) is 1. The van der Waals surface area contributed by atoms with Crippen molar-refractivity contribution in [2.45, 2.75) is 38.1 Å². The van der Waals surface area contributed by atoms with E-state index in [9.17, 15) is 0 Å². The van der Waals surface area contributed by atoms with Crippen LogP contribution in [0.2, 0.25) is 5.02 Å². The second kappa shape index (κ2) is 5.22. The topological polar surface area (TPSA) is 12.0 Å².